The summed E-state index contributed by atoms with van der Waals surface area (Å²) in [6.07, 6.45) is 1.06. The molecule has 1 aliphatic rings. The Morgan fingerprint density at radius 3 is 2.09 bits per heavy atom. The summed E-state index contributed by atoms with van der Waals surface area (Å²) < 4.78 is 6.18. The number of nitrogens with zero attached hydrogens (tertiary/aromatic N) is 2. The number of ether oxygens (including phenoxy) is 1. The first kappa shape index (κ1) is 21.4. The number of anilines is 1. The van der Waals surface area contributed by atoms with Gasteiger partial charge in [-0.3, -0.25) is 14.4 Å². The van der Waals surface area contributed by atoms with Crippen LogP contribution in [0.5, 0.6) is 0 Å². The monoisotopic (exact) mass is 429 g/mol. The number of hydrogen-bond acceptors (Lipinski definition) is 5. The van der Waals surface area contributed by atoms with Crippen LogP contribution in [0.4, 0.5) is 5.82 Å². The maximum absolute atomic E-state index is 13.8. The highest BCUT2D eigenvalue weighted by Gasteiger charge is 2.55. The molecule has 1 N–H and O–H groups in total. The fourth-order valence-electron chi connectivity index (χ4n) is 3.84. The number of rotatable bonds is 7. The van der Waals surface area contributed by atoms with Gasteiger partial charge in [-0.2, -0.15) is 0 Å². The molecule has 1 aliphatic heterocycles. The van der Waals surface area contributed by atoms with Gasteiger partial charge in [-0.15, -0.1) is 0 Å². The van der Waals surface area contributed by atoms with Gasteiger partial charge in [0, 0.05) is 12.6 Å². The first-order valence-corrected chi connectivity index (χ1v) is 10.3. The number of nitrogens with one attached hydrogen (secondary N) is 1. The lowest BCUT2D eigenvalue weighted by molar-refractivity contribution is -0.170. The van der Waals surface area contributed by atoms with Crippen LogP contribution >= 0.6 is 0 Å². The van der Waals surface area contributed by atoms with E-state index in [0.29, 0.717) is 5.82 Å². The van der Waals surface area contributed by atoms with E-state index in [-0.39, 0.29) is 17.5 Å². The van der Waals surface area contributed by atoms with Crippen molar-refractivity contribution in [1.82, 2.24) is 9.88 Å². The lowest BCUT2D eigenvalue weighted by Gasteiger charge is -2.40. The molecule has 0 aliphatic carbocycles. The van der Waals surface area contributed by atoms with Gasteiger partial charge in [0.15, 0.2) is 0 Å². The summed E-state index contributed by atoms with van der Waals surface area (Å²) in [5.41, 5.74) is -0.693. The third kappa shape index (κ3) is 3.90. The van der Waals surface area contributed by atoms with Gasteiger partial charge in [-0.1, -0.05) is 48.5 Å². The van der Waals surface area contributed by atoms with Crippen LogP contribution in [-0.2, 0) is 16.0 Å². The quantitative estimate of drug-likeness (QED) is 0.579. The molecule has 0 radical (unpaired) electrons. The number of imide groups is 1. The first-order valence-electron chi connectivity index (χ1n) is 10.3. The van der Waals surface area contributed by atoms with Gasteiger partial charge in [0.2, 0.25) is 5.72 Å². The molecular weight excluding hydrogens is 406 g/mol. The van der Waals surface area contributed by atoms with Crippen molar-refractivity contribution in [2.75, 3.05) is 5.32 Å². The summed E-state index contributed by atoms with van der Waals surface area (Å²) in [7, 11) is 0. The van der Waals surface area contributed by atoms with Crippen molar-refractivity contribution in [2.24, 2.45) is 0 Å². The molecule has 0 bridgehead atoms. The second-order valence-electron chi connectivity index (χ2n) is 7.77. The maximum Gasteiger partial charge on any atom is 0.280 e. The predicted octanol–water partition coefficient (Wildman–Crippen LogP) is 3.68. The van der Waals surface area contributed by atoms with E-state index in [0.717, 1.165) is 10.5 Å². The summed E-state index contributed by atoms with van der Waals surface area (Å²) in [6.45, 7) is 3.51. The van der Waals surface area contributed by atoms with E-state index in [1.807, 2.05) is 30.3 Å². The van der Waals surface area contributed by atoms with Crippen molar-refractivity contribution in [1.29, 1.82) is 0 Å². The van der Waals surface area contributed by atoms with E-state index >= 15 is 0 Å². The molecule has 0 saturated heterocycles. The lowest BCUT2D eigenvalue weighted by atomic mass is 9.98. The zero-order valence-electron chi connectivity index (χ0n) is 17.8. The number of carbonyl (C=O) groups excluding carboxylic acids is 3. The number of pyridine rings is 1. The van der Waals surface area contributed by atoms with Crippen LogP contribution in [-0.4, -0.2) is 39.4 Å². The average Bonchev–Trinajstić information content (AvgIpc) is 3.05. The Labute approximate surface area is 186 Å². The van der Waals surface area contributed by atoms with E-state index in [9.17, 15) is 14.4 Å². The van der Waals surface area contributed by atoms with E-state index in [1.54, 1.807) is 62.5 Å². The molecular formula is C25H23N3O4. The number of fused-ring (bicyclic) bond motifs is 1. The van der Waals surface area contributed by atoms with E-state index in [4.69, 9.17) is 4.74 Å². The molecule has 7 heteroatoms. The molecule has 3 amide bonds. The van der Waals surface area contributed by atoms with Crippen molar-refractivity contribution in [3.63, 3.8) is 0 Å². The highest BCUT2D eigenvalue weighted by Crippen LogP contribution is 2.34. The summed E-state index contributed by atoms with van der Waals surface area (Å²) >= 11 is 0. The Kier molecular flexibility index (Phi) is 5.83. The van der Waals surface area contributed by atoms with Gasteiger partial charge in [-0.25, -0.2) is 9.88 Å². The molecule has 0 unspecified atom stereocenters. The number of amides is 3. The van der Waals surface area contributed by atoms with Crippen LogP contribution in [0.15, 0.2) is 79.0 Å². The number of hydrogen-bond donors (Lipinski definition) is 1. The van der Waals surface area contributed by atoms with Gasteiger partial charge in [0.05, 0.1) is 17.2 Å². The SMILES string of the molecule is CC(C)O[C@@](Cc1ccccc1)(C(=O)Nc1ccccn1)N1C(=O)c2ccccc2C1=O. The van der Waals surface area contributed by atoms with Crippen LogP contribution in [0, 0.1) is 0 Å². The number of aromatic nitrogens is 1. The Morgan fingerprint density at radius 2 is 1.53 bits per heavy atom. The minimum absolute atomic E-state index is 0.0177. The van der Waals surface area contributed by atoms with Gasteiger partial charge in [0.25, 0.3) is 17.7 Å². The van der Waals surface area contributed by atoms with Crippen LogP contribution in [0.2, 0.25) is 0 Å². The van der Waals surface area contributed by atoms with Gasteiger partial charge < -0.3 is 10.1 Å². The van der Waals surface area contributed by atoms with Crippen molar-refractivity contribution in [3.8, 4) is 0 Å². The van der Waals surface area contributed by atoms with Crippen molar-refractivity contribution in [3.05, 3.63) is 95.7 Å². The first-order chi connectivity index (χ1) is 15.4. The largest absolute Gasteiger partial charge is 0.344 e. The molecule has 32 heavy (non-hydrogen) atoms. The van der Waals surface area contributed by atoms with Crippen molar-refractivity contribution in [2.45, 2.75) is 32.1 Å². The summed E-state index contributed by atoms with van der Waals surface area (Å²) in [5.74, 6) is -1.50. The predicted molar refractivity (Wildman–Crippen MR) is 119 cm³/mol. The van der Waals surface area contributed by atoms with Crippen LogP contribution in [0.3, 0.4) is 0 Å². The molecule has 2 heterocycles. The van der Waals surface area contributed by atoms with Gasteiger partial charge >= 0.3 is 0 Å². The summed E-state index contributed by atoms with van der Waals surface area (Å²) in [5, 5.41) is 2.73. The Bertz CT molecular complexity index is 1110. The average molecular weight is 429 g/mol. The highest BCUT2D eigenvalue weighted by molar-refractivity contribution is 6.23. The van der Waals surface area contributed by atoms with Gasteiger partial charge in [-0.05, 0) is 43.7 Å². The smallest absolute Gasteiger partial charge is 0.280 e. The molecule has 1 aromatic heterocycles. The summed E-state index contributed by atoms with van der Waals surface area (Å²) in [4.78, 5) is 45.7. The molecule has 4 rings (SSSR count). The van der Waals surface area contributed by atoms with Crippen LogP contribution in [0.1, 0.15) is 40.1 Å². The number of benzene rings is 2. The molecule has 2 aromatic carbocycles. The highest BCUT2D eigenvalue weighted by atomic mass is 16.5. The second-order valence-corrected chi connectivity index (χ2v) is 7.77. The molecule has 0 saturated carbocycles. The normalized spacial score (nSPS) is 14.9. The topological polar surface area (TPSA) is 88.6 Å². The molecule has 3 aromatic rings. The Hall–Kier alpha value is -3.84. The van der Waals surface area contributed by atoms with E-state index < -0.39 is 29.6 Å². The van der Waals surface area contributed by atoms with Gasteiger partial charge in [0.1, 0.15) is 5.82 Å². The number of carbonyl (C=O) groups is 3. The third-order valence-electron chi connectivity index (χ3n) is 5.13. The zero-order valence-corrected chi connectivity index (χ0v) is 17.8. The molecule has 162 valence electrons. The summed E-state index contributed by atoms with van der Waals surface area (Å²) in [6, 6.07) is 20.8. The fourth-order valence-corrected chi connectivity index (χ4v) is 3.84. The minimum Gasteiger partial charge on any atom is -0.344 e. The molecule has 0 spiro atoms. The van der Waals surface area contributed by atoms with Crippen molar-refractivity contribution < 1.29 is 19.1 Å². The van der Waals surface area contributed by atoms with Crippen molar-refractivity contribution >= 4 is 23.5 Å². The third-order valence-corrected chi connectivity index (χ3v) is 5.13. The van der Waals surface area contributed by atoms with Crippen LogP contribution < -0.4 is 5.32 Å². The lowest BCUT2D eigenvalue weighted by Crippen LogP contribution is -2.63. The van der Waals surface area contributed by atoms with E-state index in [1.165, 1.54) is 0 Å². The van der Waals surface area contributed by atoms with E-state index in [2.05, 4.69) is 10.3 Å². The Morgan fingerprint density at radius 1 is 0.938 bits per heavy atom. The maximum atomic E-state index is 13.8. The fraction of sp³-hybridized carbons (Fsp3) is 0.200. The standard InChI is InChI=1S/C25H23N3O4/c1-17(2)32-25(16-18-10-4-3-5-11-18,24(31)27-21-14-8-9-15-26-21)28-22(29)19-12-6-7-13-20(19)23(28)30/h3-15,17H,16H2,1-2H3,(H,26,27,31)/t25-/m0/s1. The second kappa shape index (κ2) is 8.72. The molecule has 1 atom stereocenters. The zero-order chi connectivity index (χ0) is 22.7. The Balaban J connectivity index is 1.85. The van der Waals surface area contributed by atoms with Crippen LogP contribution in [0.25, 0.3) is 0 Å². The molecule has 7 nitrogen and oxygen atoms in total. The molecule has 0 fully saturated rings. The minimum atomic E-state index is -1.92.